The SMILES string of the molecule is C[C@@H]1O[C@@H](OC[C@@H]2O[C@@H](OC3=Cc4c(O[C@@H]5O[C@H](CO)[C@@H](O)[C@H](O)[C@@H]5O)cc(O)cc4[OH+]C3c3ccc(O)c(O)c3)[C@@H](O)[C@H](O)[C@@H]2O)[C@H](O)[C@@H](O)[C@H]1OC(=O)/C=C/c1ccc(O)cc1. The Labute approximate surface area is 362 Å². The highest BCUT2D eigenvalue weighted by molar-refractivity contribution is 5.87. The summed E-state index contributed by atoms with van der Waals surface area (Å²) in [6.45, 7) is 0.0307. The number of benzene rings is 3. The van der Waals surface area contributed by atoms with E-state index >= 15 is 0 Å². The van der Waals surface area contributed by atoms with Gasteiger partial charge in [-0.15, -0.1) is 0 Å². The Balaban J connectivity index is 1.08. The summed E-state index contributed by atoms with van der Waals surface area (Å²) in [6.07, 6.45) is -22.5. The number of rotatable bonds is 12. The van der Waals surface area contributed by atoms with Crippen LogP contribution in [0.4, 0.5) is 0 Å². The third kappa shape index (κ3) is 9.84. The fraction of sp³-hybridized carbons (Fsp3) is 0.452. The summed E-state index contributed by atoms with van der Waals surface area (Å²) < 4.78 is 44.7. The molecule has 0 spiro atoms. The van der Waals surface area contributed by atoms with E-state index in [1.807, 2.05) is 0 Å². The van der Waals surface area contributed by atoms with Crippen LogP contribution in [0, 0.1) is 0 Å². The molecule has 64 heavy (non-hydrogen) atoms. The summed E-state index contributed by atoms with van der Waals surface area (Å²) in [5.41, 5.74) is 0.798. The van der Waals surface area contributed by atoms with Crippen molar-refractivity contribution in [3.8, 4) is 34.5 Å². The van der Waals surface area contributed by atoms with Crippen molar-refractivity contribution >= 4 is 18.1 Å². The third-order valence-corrected chi connectivity index (χ3v) is 11.0. The summed E-state index contributed by atoms with van der Waals surface area (Å²) in [5.74, 6) is -2.66. The van der Waals surface area contributed by atoms with Crippen LogP contribution >= 0.6 is 0 Å². The molecule has 22 heteroatoms. The summed E-state index contributed by atoms with van der Waals surface area (Å²) >= 11 is 0. The zero-order chi connectivity index (χ0) is 46.1. The lowest BCUT2D eigenvalue weighted by Crippen LogP contribution is -2.61. The zero-order valence-corrected chi connectivity index (χ0v) is 33.6. The largest absolute Gasteiger partial charge is 0.571 e. The van der Waals surface area contributed by atoms with E-state index in [-0.39, 0.29) is 34.1 Å². The molecule has 0 aromatic heterocycles. The number of aliphatic hydroxyl groups excluding tert-OH is 9. The molecule has 3 fully saturated rings. The molecule has 0 saturated carbocycles. The van der Waals surface area contributed by atoms with Crippen molar-refractivity contribution < 1.29 is 109 Å². The molecule has 4 heterocycles. The first-order valence-corrected chi connectivity index (χ1v) is 19.9. The zero-order valence-electron chi connectivity index (χ0n) is 33.6. The van der Waals surface area contributed by atoms with Crippen LogP contribution in [0.25, 0.3) is 12.2 Å². The first-order valence-electron chi connectivity index (χ1n) is 19.9. The maximum Gasteiger partial charge on any atom is 0.331 e. The van der Waals surface area contributed by atoms with E-state index in [1.165, 1.54) is 43.3 Å². The Morgan fingerprint density at radius 2 is 1.33 bits per heavy atom. The van der Waals surface area contributed by atoms with Crippen molar-refractivity contribution in [3.63, 3.8) is 0 Å². The number of hydrogen-bond donors (Lipinski definition) is 13. The average Bonchev–Trinajstić information content (AvgIpc) is 3.27. The van der Waals surface area contributed by atoms with E-state index in [2.05, 4.69) is 4.74 Å². The number of aliphatic hydroxyl groups is 10. The molecule has 22 nitrogen and oxygen atoms in total. The minimum Gasteiger partial charge on any atom is -0.571 e. The lowest BCUT2D eigenvalue weighted by atomic mass is 9.98. The Bertz CT molecular complexity index is 2160. The molecule has 4 aliphatic rings. The van der Waals surface area contributed by atoms with Gasteiger partial charge in [0.1, 0.15) is 83.9 Å². The van der Waals surface area contributed by atoms with Gasteiger partial charge in [-0.1, -0.05) is 12.1 Å². The Kier molecular flexibility index (Phi) is 14.2. The van der Waals surface area contributed by atoms with Gasteiger partial charge in [0, 0.05) is 18.2 Å². The standard InChI is InChI=1S/C42H48O22/c1-16-38(64-29(48)9-4-17-2-6-19(44)7-3-17)34(53)37(56)40(58-16)57-15-28-31(50)33(52)36(55)42(63-28)61-26-13-21-24(59-39(26)18-5-8-22(46)23(47)10-18)11-20(45)12-25(21)60-41-35(54)32(51)30(49)27(14-43)62-41/h2-13,16,27-28,30-47,49-56H,14-15H2,1H3/p+1/b9-4+/t16-,27+,28-,30+,31+,32-,33+,34+,35-,36-,37+,38-,39?,40+,41+,42+/m0/s1. The van der Waals surface area contributed by atoms with Crippen molar-refractivity contribution in [2.24, 2.45) is 0 Å². The van der Waals surface area contributed by atoms with Crippen LogP contribution in [0.1, 0.15) is 29.7 Å². The lowest BCUT2D eigenvalue weighted by molar-refractivity contribution is -0.325. The molecule has 16 atom stereocenters. The Morgan fingerprint density at radius 1 is 0.688 bits per heavy atom. The first kappa shape index (κ1) is 46.7. The average molecular weight is 906 g/mol. The molecule has 0 amide bonds. The molecule has 0 bridgehead atoms. The molecule has 348 valence electrons. The number of phenolic OH excluding ortho intramolecular Hbond substituents is 4. The van der Waals surface area contributed by atoms with E-state index in [0.29, 0.717) is 5.56 Å². The second kappa shape index (κ2) is 19.4. The molecule has 7 rings (SSSR count). The van der Waals surface area contributed by atoms with Crippen LogP contribution < -0.4 is 4.74 Å². The van der Waals surface area contributed by atoms with Gasteiger partial charge in [0.2, 0.25) is 12.6 Å². The van der Waals surface area contributed by atoms with Crippen LogP contribution in [0.5, 0.6) is 34.5 Å². The van der Waals surface area contributed by atoms with Gasteiger partial charge in [-0.3, -0.25) is 0 Å². The van der Waals surface area contributed by atoms with Crippen LogP contribution in [0.15, 0.2) is 66.4 Å². The molecule has 0 aliphatic carbocycles. The highest BCUT2D eigenvalue weighted by Gasteiger charge is 2.50. The predicted molar refractivity (Wildman–Crippen MR) is 212 cm³/mol. The van der Waals surface area contributed by atoms with E-state index < -0.39 is 135 Å². The molecule has 0 radical (unpaired) electrons. The molecule has 1 unspecified atom stereocenters. The number of carbonyl (C=O) groups excluding carboxylic acids is 1. The van der Waals surface area contributed by atoms with E-state index in [0.717, 1.165) is 24.3 Å². The number of phenols is 4. The quantitative estimate of drug-likeness (QED) is 0.0403. The summed E-state index contributed by atoms with van der Waals surface area (Å²) in [4.78, 5) is 12.6. The maximum absolute atomic E-state index is 12.6. The number of carbonyl (C=O) groups is 1. The van der Waals surface area contributed by atoms with Crippen molar-refractivity contribution in [3.05, 3.63) is 83.1 Å². The van der Waals surface area contributed by atoms with Gasteiger partial charge in [0.15, 0.2) is 29.7 Å². The Morgan fingerprint density at radius 3 is 2.00 bits per heavy atom. The van der Waals surface area contributed by atoms with Crippen LogP contribution in [0.3, 0.4) is 0 Å². The van der Waals surface area contributed by atoms with Gasteiger partial charge in [0.05, 0.1) is 30.9 Å². The van der Waals surface area contributed by atoms with E-state index in [9.17, 15) is 71.2 Å². The lowest BCUT2D eigenvalue weighted by Gasteiger charge is -2.43. The van der Waals surface area contributed by atoms with Gasteiger partial charge in [-0.2, -0.15) is 0 Å². The summed E-state index contributed by atoms with van der Waals surface area (Å²) in [5, 5.41) is 136. The second-order valence-corrected chi connectivity index (χ2v) is 15.5. The molecule has 3 aromatic carbocycles. The molecule has 14 N–H and O–H groups in total. The van der Waals surface area contributed by atoms with Crippen LogP contribution in [-0.4, -0.2) is 182 Å². The van der Waals surface area contributed by atoms with Gasteiger partial charge in [-0.25, -0.2) is 4.79 Å². The number of fused-ring (bicyclic) bond motifs is 1. The molecule has 4 aliphatic heterocycles. The number of hydrogen-bond acceptors (Lipinski definition) is 21. The second-order valence-electron chi connectivity index (χ2n) is 15.5. The third-order valence-electron chi connectivity index (χ3n) is 11.0. The van der Waals surface area contributed by atoms with Crippen LogP contribution in [0.2, 0.25) is 0 Å². The van der Waals surface area contributed by atoms with Crippen molar-refractivity contribution in [1.82, 2.24) is 0 Å². The van der Waals surface area contributed by atoms with Crippen LogP contribution in [-0.2, 0) is 33.2 Å². The molecular formula is C42H49O22+. The van der Waals surface area contributed by atoms with Gasteiger partial charge >= 0.3 is 5.97 Å². The molecule has 3 saturated heterocycles. The highest BCUT2D eigenvalue weighted by Crippen LogP contribution is 2.47. The Hall–Kier alpha value is -5.31. The van der Waals surface area contributed by atoms with E-state index in [4.69, 9.17) is 33.2 Å². The van der Waals surface area contributed by atoms with Crippen molar-refractivity contribution in [1.29, 1.82) is 0 Å². The summed E-state index contributed by atoms with van der Waals surface area (Å²) in [6, 6.07) is 11.9. The normalized spacial score (nSPS) is 35.2. The minimum absolute atomic E-state index is 0.0283. The van der Waals surface area contributed by atoms with E-state index in [1.54, 1.807) is 12.1 Å². The highest BCUT2D eigenvalue weighted by atomic mass is 16.7. The summed E-state index contributed by atoms with van der Waals surface area (Å²) in [7, 11) is 0. The monoisotopic (exact) mass is 905 g/mol. The van der Waals surface area contributed by atoms with Gasteiger partial charge in [0.25, 0.3) is 11.9 Å². The smallest absolute Gasteiger partial charge is 0.331 e. The predicted octanol–water partition coefficient (Wildman–Crippen LogP) is -2.04. The first-order chi connectivity index (χ1) is 30.4. The molecular weight excluding hydrogens is 856 g/mol. The number of aromatic hydroxyl groups is 5. The topological polar surface area (TPSA) is 357 Å². The van der Waals surface area contributed by atoms with Gasteiger partial charge in [-0.05, 0) is 48.9 Å². The minimum atomic E-state index is -1.95. The van der Waals surface area contributed by atoms with Crippen molar-refractivity contribution in [2.75, 3.05) is 13.2 Å². The number of ether oxygens (including phenoxy) is 8. The molecule has 3 aromatic rings. The van der Waals surface area contributed by atoms with Crippen molar-refractivity contribution in [2.45, 2.75) is 105 Å². The fourth-order valence-electron chi connectivity index (χ4n) is 7.41. The van der Waals surface area contributed by atoms with Gasteiger partial charge < -0.3 is 104 Å². The number of esters is 1. The fourth-order valence-corrected chi connectivity index (χ4v) is 7.41. The maximum atomic E-state index is 12.6.